The second kappa shape index (κ2) is 5.99. The molecule has 1 aliphatic rings. The van der Waals surface area contributed by atoms with E-state index in [0.29, 0.717) is 16.8 Å². The van der Waals surface area contributed by atoms with Crippen LogP contribution >= 0.6 is 0 Å². The molecule has 0 fully saturated rings. The summed E-state index contributed by atoms with van der Waals surface area (Å²) in [5, 5.41) is 2.72. The number of para-hydroxylation sites is 1. The van der Waals surface area contributed by atoms with Crippen molar-refractivity contribution < 1.29 is 9.59 Å². The van der Waals surface area contributed by atoms with Crippen molar-refractivity contribution in [1.29, 1.82) is 0 Å². The number of nitrogens with one attached hydrogen (secondary N) is 1. The molecule has 3 heteroatoms. The molecular formula is C14H17NO2. The zero-order valence-electron chi connectivity index (χ0n) is 10.4. The molecule has 0 unspecified atom stereocenters. The molecule has 0 bridgehead atoms. The molecule has 1 aromatic rings. The predicted octanol–water partition coefficient (Wildman–Crippen LogP) is 3.18. The van der Waals surface area contributed by atoms with Crippen molar-refractivity contribution in [1.82, 2.24) is 0 Å². The Kier molecular flexibility index (Phi) is 4.64. The predicted molar refractivity (Wildman–Crippen MR) is 69.1 cm³/mol. The smallest absolute Gasteiger partial charge is 0.228 e. The monoisotopic (exact) mass is 231 g/mol. The Bertz CT molecular complexity index is 461. The van der Waals surface area contributed by atoms with Gasteiger partial charge in [-0.3, -0.25) is 9.59 Å². The molecule has 1 aromatic carbocycles. The highest BCUT2D eigenvalue weighted by atomic mass is 16.2. The highest BCUT2D eigenvalue weighted by molar-refractivity contribution is 6.18. The van der Waals surface area contributed by atoms with Gasteiger partial charge in [0.25, 0.3) is 0 Å². The number of benzene rings is 1. The van der Waals surface area contributed by atoms with Gasteiger partial charge in [0.1, 0.15) is 0 Å². The highest BCUT2D eigenvalue weighted by Gasteiger charge is 2.22. The minimum absolute atomic E-state index is 0.0635. The van der Waals surface area contributed by atoms with Crippen molar-refractivity contribution in [2.75, 3.05) is 5.32 Å². The first kappa shape index (κ1) is 13.2. The first-order chi connectivity index (χ1) is 8.22. The van der Waals surface area contributed by atoms with Crippen LogP contribution < -0.4 is 5.32 Å². The first-order valence-corrected chi connectivity index (χ1v) is 5.81. The molecule has 0 radical (unpaired) electrons. The Morgan fingerprint density at radius 1 is 1.18 bits per heavy atom. The third-order valence-electron chi connectivity index (χ3n) is 2.44. The fraction of sp³-hybridized carbons (Fsp3) is 0.286. The van der Waals surface area contributed by atoms with E-state index >= 15 is 0 Å². The van der Waals surface area contributed by atoms with Crippen molar-refractivity contribution in [3.63, 3.8) is 0 Å². The molecule has 1 heterocycles. The van der Waals surface area contributed by atoms with Gasteiger partial charge in [-0.1, -0.05) is 32.1 Å². The second-order valence-electron chi connectivity index (χ2n) is 3.41. The van der Waals surface area contributed by atoms with Gasteiger partial charge in [-0.25, -0.2) is 0 Å². The molecule has 2 rings (SSSR count). The van der Waals surface area contributed by atoms with Crippen LogP contribution in [0.3, 0.4) is 0 Å². The number of hydrogen-bond donors (Lipinski definition) is 1. The molecule has 90 valence electrons. The van der Waals surface area contributed by atoms with Gasteiger partial charge in [-0.2, -0.15) is 0 Å². The van der Waals surface area contributed by atoms with Crippen molar-refractivity contribution >= 4 is 17.4 Å². The van der Waals surface area contributed by atoms with Crippen LogP contribution in [0, 0.1) is 0 Å². The summed E-state index contributed by atoms with van der Waals surface area (Å²) in [5.41, 5.74) is 1.72. The molecule has 1 aliphatic heterocycles. The van der Waals surface area contributed by atoms with Gasteiger partial charge >= 0.3 is 0 Å². The van der Waals surface area contributed by atoms with Crippen LogP contribution in [-0.4, -0.2) is 11.7 Å². The molecule has 3 nitrogen and oxygen atoms in total. The molecule has 1 amide bonds. The number of carbonyl (C=O) groups excluding carboxylic acids is 2. The number of allylic oxidation sites excluding steroid dienone is 1. The van der Waals surface area contributed by atoms with Crippen LogP contribution in [0.1, 0.15) is 37.6 Å². The summed E-state index contributed by atoms with van der Waals surface area (Å²) in [6, 6.07) is 7.06. The van der Waals surface area contributed by atoms with E-state index in [-0.39, 0.29) is 18.1 Å². The van der Waals surface area contributed by atoms with Crippen molar-refractivity contribution in [2.24, 2.45) is 0 Å². The van der Waals surface area contributed by atoms with Crippen molar-refractivity contribution in [2.45, 2.75) is 27.2 Å². The van der Waals surface area contributed by atoms with Crippen LogP contribution in [0.25, 0.3) is 0 Å². The van der Waals surface area contributed by atoms with Crippen LogP contribution in [0.2, 0.25) is 0 Å². The van der Waals surface area contributed by atoms with Gasteiger partial charge in [-0.05, 0) is 19.1 Å². The lowest BCUT2D eigenvalue weighted by Gasteiger charge is -2.03. The molecular weight excluding hydrogens is 214 g/mol. The lowest BCUT2D eigenvalue weighted by molar-refractivity contribution is -0.115. The van der Waals surface area contributed by atoms with Gasteiger partial charge in [0.05, 0.1) is 12.1 Å². The quantitative estimate of drug-likeness (QED) is 0.697. The van der Waals surface area contributed by atoms with Gasteiger partial charge in [0, 0.05) is 11.1 Å². The standard InChI is InChI=1S/C12H11NO2.C2H6/c1-2-8-7-11(14)13-10-6-4-3-5-9(10)12(8)15;1-2/h2-6H,7H2,1H3,(H,13,14);1-2H3/b8-2-;. The second-order valence-corrected chi connectivity index (χ2v) is 3.41. The maximum atomic E-state index is 12.0. The third-order valence-corrected chi connectivity index (χ3v) is 2.44. The number of Topliss-reactive ketones (excluding diaryl/α,β-unsaturated/α-hetero) is 1. The molecule has 0 saturated heterocycles. The Labute approximate surface area is 102 Å². The first-order valence-electron chi connectivity index (χ1n) is 5.81. The third kappa shape index (κ3) is 2.81. The highest BCUT2D eigenvalue weighted by Crippen LogP contribution is 2.24. The van der Waals surface area contributed by atoms with E-state index in [4.69, 9.17) is 0 Å². The molecule has 0 aromatic heterocycles. The Hall–Kier alpha value is -1.90. The van der Waals surface area contributed by atoms with Crippen LogP contribution in [0.4, 0.5) is 5.69 Å². The van der Waals surface area contributed by atoms with Gasteiger partial charge < -0.3 is 5.32 Å². The molecule has 0 atom stereocenters. The Morgan fingerprint density at radius 2 is 1.82 bits per heavy atom. The zero-order valence-corrected chi connectivity index (χ0v) is 10.4. The maximum Gasteiger partial charge on any atom is 0.228 e. The Morgan fingerprint density at radius 3 is 2.47 bits per heavy atom. The van der Waals surface area contributed by atoms with Crippen LogP contribution in [0.15, 0.2) is 35.9 Å². The zero-order chi connectivity index (χ0) is 12.8. The summed E-state index contributed by atoms with van der Waals surface area (Å²) < 4.78 is 0. The van der Waals surface area contributed by atoms with Gasteiger partial charge in [0.15, 0.2) is 5.78 Å². The minimum atomic E-state index is -0.138. The Balaban J connectivity index is 0.000000686. The lowest BCUT2D eigenvalue weighted by atomic mass is 10.0. The summed E-state index contributed by atoms with van der Waals surface area (Å²) >= 11 is 0. The average Bonchev–Trinajstić information content (AvgIpc) is 2.49. The number of anilines is 1. The molecule has 1 N–H and O–H groups in total. The number of ketones is 1. The fourth-order valence-corrected chi connectivity index (χ4v) is 1.64. The van der Waals surface area contributed by atoms with E-state index in [0.717, 1.165) is 0 Å². The molecule has 0 saturated carbocycles. The number of rotatable bonds is 0. The summed E-state index contributed by atoms with van der Waals surface area (Å²) in [7, 11) is 0. The summed E-state index contributed by atoms with van der Waals surface area (Å²) in [4.78, 5) is 23.4. The van der Waals surface area contributed by atoms with Crippen molar-refractivity contribution in [3.05, 3.63) is 41.5 Å². The topological polar surface area (TPSA) is 46.2 Å². The molecule has 0 spiro atoms. The van der Waals surface area contributed by atoms with Gasteiger partial charge in [-0.15, -0.1) is 0 Å². The molecule has 17 heavy (non-hydrogen) atoms. The number of amides is 1. The minimum Gasteiger partial charge on any atom is -0.325 e. The van der Waals surface area contributed by atoms with Crippen LogP contribution in [-0.2, 0) is 4.79 Å². The largest absolute Gasteiger partial charge is 0.325 e. The van der Waals surface area contributed by atoms with Crippen LogP contribution in [0.5, 0.6) is 0 Å². The van der Waals surface area contributed by atoms with E-state index in [2.05, 4.69) is 5.32 Å². The summed E-state index contributed by atoms with van der Waals surface area (Å²) in [5.74, 6) is -0.201. The van der Waals surface area contributed by atoms with Gasteiger partial charge in [0.2, 0.25) is 5.91 Å². The summed E-state index contributed by atoms with van der Waals surface area (Å²) in [6.45, 7) is 5.77. The van der Waals surface area contributed by atoms with E-state index in [1.807, 2.05) is 13.8 Å². The van der Waals surface area contributed by atoms with E-state index in [1.54, 1.807) is 37.3 Å². The maximum absolute atomic E-state index is 12.0. The van der Waals surface area contributed by atoms with E-state index in [9.17, 15) is 9.59 Å². The van der Waals surface area contributed by atoms with E-state index in [1.165, 1.54) is 0 Å². The normalized spacial score (nSPS) is 16.5. The van der Waals surface area contributed by atoms with E-state index < -0.39 is 0 Å². The average molecular weight is 231 g/mol. The van der Waals surface area contributed by atoms with Crippen molar-refractivity contribution in [3.8, 4) is 0 Å². The SMILES string of the molecule is C/C=C1/CC(=O)Nc2ccccc2C1=O.CC. The summed E-state index contributed by atoms with van der Waals surface area (Å²) in [6.07, 6.45) is 1.86. The number of fused-ring (bicyclic) bond motifs is 1. The fourth-order valence-electron chi connectivity index (χ4n) is 1.64. The number of carbonyl (C=O) groups is 2. The molecule has 0 aliphatic carbocycles. The lowest BCUT2D eigenvalue weighted by Crippen LogP contribution is -2.09. The number of hydrogen-bond acceptors (Lipinski definition) is 2.